The highest BCUT2D eigenvalue weighted by atomic mass is 16.6. The number of ether oxygens (including phenoxy) is 2. The number of benzene rings is 3. The van der Waals surface area contributed by atoms with Crippen molar-refractivity contribution in [3.8, 4) is 11.5 Å². The lowest BCUT2D eigenvalue weighted by Gasteiger charge is -2.25. The van der Waals surface area contributed by atoms with Crippen LogP contribution in [0.25, 0.3) is 0 Å². The summed E-state index contributed by atoms with van der Waals surface area (Å²) in [6, 6.07) is 16.4. The van der Waals surface area contributed by atoms with Crippen LogP contribution in [0.3, 0.4) is 0 Å². The van der Waals surface area contributed by atoms with Gasteiger partial charge < -0.3 is 19.3 Å². The van der Waals surface area contributed by atoms with Gasteiger partial charge in [0.2, 0.25) is 0 Å². The van der Waals surface area contributed by atoms with Gasteiger partial charge in [0.25, 0.3) is 5.91 Å². The van der Waals surface area contributed by atoms with Crippen LogP contribution in [0.15, 0.2) is 60.7 Å². The molecule has 11 nitrogen and oxygen atoms in total. The van der Waals surface area contributed by atoms with Gasteiger partial charge in [-0.15, -0.1) is 0 Å². The third-order valence-electron chi connectivity index (χ3n) is 6.89. The van der Waals surface area contributed by atoms with Crippen LogP contribution < -0.4 is 14.4 Å². The highest BCUT2D eigenvalue weighted by molar-refractivity contribution is 6.06. The van der Waals surface area contributed by atoms with Crippen molar-refractivity contribution in [1.82, 2.24) is 4.90 Å². The summed E-state index contributed by atoms with van der Waals surface area (Å²) in [6.07, 6.45) is 2.39. The Bertz CT molecular complexity index is 1330. The van der Waals surface area contributed by atoms with Crippen LogP contribution in [0, 0.1) is 20.2 Å². The summed E-state index contributed by atoms with van der Waals surface area (Å²) < 4.78 is 10.9. The lowest BCUT2D eigenvalue weighted by molar-refractivity contribution is -0.422. The van der Waals surface area contributed by atoms with E-state index < -0.39 is 27.1 Å². The Morgan fingerprint density at radius 1 is 0.872 bits per heavy atom. The quantitative estimate of drug-likeness (QED) is 0.271. The van der Waals surface area contributed by atoms with Crippen molar-refractivity contribution in [3.63, 3.8) is 0 Å². The zero-order valence-corrected chi connectivity index (χ0v) is 21.9. The van der Waals surface area contributed by atoms with Crippen molar-refractivity contribution in [3.05, 3.63) is 97.6 Å². The molecule has 0 aromatic heterocycles. The monoisotopic (exact) mass is 534 g/mol. The molecular formula is C28H30N4O7. The van der Waals surface area contributed by atoms with Crippen LogP contribution in [-0.2, 0) is 12.8 Å². The van der Waals surface area contributed by atoms with Crippen molar-refractivity contribution in [2.75, 3.05) is 45.3 Å². The lowest BCUT2D eigenvalue weighted by Crippen LogP contribution is -2.35. The van der Waals surface area contributed by atoms with Gasteiger partial charge in [-0.05, 0) is 67.3 Å². The molecule has 3 aromatic carbocycles. The Balaban J connectivity index is 1.47. The Labute approximate surface area is 225 Å². The van der Waals surface area contributed by atoms with E-state index in [2.05, 4.69) is 4.90 Å². The smallest absolute Gasteiger partial charge is 0.346 e. The maximum absolute atomic E-state index is 13.5. The minimum absolute atomic E-state index is 0.0178. The van der Waals surface area contributed by atoms with Crippen LogP contribution in [0.5, 0.6) is 11.5 Å². The van der Waals surface area contributed by atoms with Gasteiger partial charge >= 0.3 is 11.4 Å². The Kier molecular flexibility index (Phi) is 8.72. The van der Waals surface area contributed by atoms with E-state index in [0.29, 0.717) is 30.2 Å². The fourth-order valence-corrected chi connectivity index (χ4v) is 4.84. The topological polar surface area (TPSA) is 128 Å². The maximum Gasteiger partial charge on any atom is 0.346 e. The standard InChI is InChI=1S/C28H30N4O7/c1-38-26-18-20-11-15-29(16-12-21(20)19-27(26)39-2)13-6-14-30(23-7-4-3-5-8-23)28(33)22-9-10-24(31(34)35)25(17-22)32(36)37/h3-5,7-10,17-19H,6,11-16H2,1-2H3. The number of nitrogens with zero attached hydrogens (tertiary/aromatic N) is 4. The van der Waals surface area contributed by atoms with E-state index >= 15 is 0 Å². The number of anilines is 1. The number of methoxy groups -OCH3 is 2. The molecule has 204 valence electrons. The first kappa shape index (κ1) is 27.5. The summed E-state index contributed by atoms with van der Waals surface area (Å²) in [4.78, 5) is 38.4. The molecule has 1 heterocycles. The van der Waals surface area contributed by atoms with Crippen molar-refractivity contribution in [1.29, 1.82) is 0 Å². The number of para-hydroxylation sites is 1. The molecule has 0 atom stereocenters. The van der Waals surface area contributed by atoms with Crippen LogP contribution in [0.1, 0.15) is 27.9 Å². The number of nitro groups is 2. The number of carbonyl (C=O) groups is 1. The summed E-state index contributed by atoms with van der Waals surface area (Å²) in [5, 5.41) is 22.6. The first-order chi connectivity index (χ1) is 18.8. The van der Waals surface area contributed by atoms with Gasteiger partial charge in [0.1, 0.15) is 0 Å². The van der Waals surface area contributed by atoms with Crippen molar-refractivity contribution >= 4 is 23.0 Å². The van der Waals surface area contributed by atoms with Crippen LogP contribution in [0.2, 0.25) is 0 Å². The van der Waals surface area contributed by atoms with Crippen LogP contribution >= 0.6 is 0 Å². The first-order valence-electron chi connectivity index (χ1n) is 12.6. The highest BCUT2D eigenvalue weighted by Crippen LogP contribution is 2.32. The zero-order valence-electron chi connectivity index (χ0n) is 21.9. The van der Waals surface area contributed by atoms with Crippen molar-refractivity contribution < 1.29 is 24.1 Å². The molecule has 1 aliphatic rings. The highest BCUT2D eigenvalue weighted by Gasteiger charge is 2.28. The van der Waals surface area contributed by atoms with E-state index in [1.54, 1.807) is 31.3 Å². The first-order valence-corrected chi connectivity index (χ1v) is 12.6. The van der Waals surface area contributed by atoms with E-state index in [0.717, 1.165) is 44.6 Å². The molecule has 0 fully saturated rings. The Morgan fingerprint density at radius 2 is 1.46 bits per heavy atom. The van der Waals surface area contributed by atoms with E-state index in [-0.39, 0.29) is 5.56 Å². The molecular weight excluding hydrogens is 504 g/mol. The second-order valence-corrected chi connectivity index (χ2v) is 9.18. The van der Waals surface area contributed by atoms with E-state index in [1.165, 1.54) is 17.2 Å². The fraction of sp³-hybridized carbons (Fsp3) is 0.321. The molecule has 0 N–H and O–H groups in total. The third kappa shape index (κ3) is 6.32. The number of hydrogen-bond acceptors (Lipinski definition) is 8. The molecule has 3 aromatic rings. The van der Waals surface area contributed by atoms with Gasteiger partial charge in [-0.1, -0.05) is 18.2 Å². The summed E-state index contributed by atoms with van der Waals surface area (Å²) in [7, 11) is 3.25. The number of amides is 1. The molecule has 0 spiro atoms. The van der Waals surface area contributed by atoms with Crippen LogP contribution in [-0.4, -0.2) is 61.1 Å². The molecule has 0 radical (unpaired) electrons. The molecule has 0 saturated heterocycles. The largest absolute Gasteiger partial charge is 0.493 e. The SMILES string of the molecule is COc1cc2c(cc1OC)CCN(CCCN(C(=O)c1ccc([N+](=O)[O-])c([N+](=O)[O-])c1)c1ccccc1)CC2. The molecule has 0 saturated carbocycles. The molecule has 1 amide bonds. The fourth-order valence-electron chi connectivity index (χ4n) is 4.84. The number of carbonyl (C=O) groups excluding carboxylic acids is 1. The number of hydrogen-bond donors (Lipinski definition) is 0. The van der Waals surface area contributed by atoms with E-state index in [1.807, 2.05) is 30.3 Å². The minimum Gasteiger partial charge on any atom is -0.493 e. The molecule has 4 rings (SSSR count). The molecule has 39 heavy (non-hydrogen) atoms. The van der Waals surface area contributed by atoms with E-state index in [9.17, 15) is 25.0 Å². The Hall–Kier alpha value is -4.51. The van der Waals surface area contributed by atoms with Crippen molar-refractivity contribution in [2.24, 2.45) is 0 Å². The van der Waals surface area contributed by atoms with Gasteiger partial charge in [0.15, 0.2) is 11.5 Å². The van der Waals surface area contributed by atoms with Gasteiger partial charge in [0, 0.05) is 43.0 Å². The molecule has 11 heteroatoms. The third-order valence-corrected chi connectivity index (χ3v) is 6.89. The number of fused-ring (bicyclic) bond motifs is 1. The average molecular weight is 535 g/mol. The van der Waals surface area contributed by atoms with Gasteiger partial charge in [-0.25, -0.2) is 0 Å². The second-order valence-electron chi connectivity index (χ2n) is 9.18. The minimum atomic E-state index is -0.843. The van der Waals surface area contributed by atoms with Gasteiger partial charge in [-0.2, -0.15) is 0 Å². The molecule has 0 unspecified atom stereocenters. The average Bonchev–Trinajstić information content (AvgIpc) is 3.15. The number of rotatable bonds is 10. The summed E-state index contributed by atoms with van der Waals surface area (Å²) in [5.41, 5.74) is 1.76. The van der Waals surface area contributed by atoms with Gasteiger partial charge in [0.05, 0.1) is 24.1 Å². The van der Waals surface area contributed by atoms with Crippen molar-refractivity contribution in [2.45, 2.75) is 19.3 Å². The predicted octanol–water partition coefficient (Wildman–Crippen LogP) is 4.66. The van der Waals surface area contributed by atoms with Crippen LogP contribution in [0.4, 0.5) is 17.1 Å². The molecule has 0 bridgehead atoms. The second kappa shape index (κ2) is 12.4. The summed E-state index contributed by atoms with van der Waals surface area (Å²) >= 11 is 0. The number of nitro benzene ring substituents is 2. The molecule has 1 aliphatic heterocycles. The lowest BCUT2D eigenvalue weighted by atomic mass is 10.0. The Morgan fingerprint density at radius 3 is 2.00 bits per heavy atom. The maximum atomic E-state index is 13.5. The summed E-state index contributed by atoms with van der Waals surface area (Å²) in [5.74, 6) is 0.975. The zero-order chi connectivity index (χ0) is 27.9. The van der Waals surface area contributed by atoms with E-state index in [4.69, 9.17) is 9.47 Å². The normalized spacial score (nSPS) is 13.2. The predicted molar refractivity (Wildman–Crippen MR) is 146 cm³/mol. The molecule has 0 aliphatic carbocycles. The summed E-state index contributed by atoms with van der Waals surface area (Å²) in [6.45, 7) is 2.84. The van der Waals surface area contributed by atoms with Gasteiger partial charge in [-0.3, -0.25) is 25.0 Å².